The highest BCUT2D eigenvalue weighted by Gasteiger charge is 2.16. The number of amides is 2. The zero-order chi connectivity index (χ0) is 15.4. The SMILES string of the molecule is O=C1CCOc2ccc(C(=O)NCc3ccccn3)cc2N1. The molecular weight excluding hydrogens is 282 g/mol. The Morgan fingerprint density at radius 2 is 2.23 bits per heavy atom. The van der Waals surface area contributed by atoms with Crippen LogP contribution in [0.15, 0.2) is 42.6 Å². The van der Waals surface area contributed by atoms with Crippen molar-refractivity contribution in [2.24, 2.45) is 0 Å². The minimum Gasteiger partial charge on any atom is -0.491 e. The summed E-state index contributed by atoms with van der Waals surface area (Å²) >= 11 is 0. The van der Waals surface area contributed by atoms with Gasteiger partial charge >= 0.3 is 0 Å². The van der Waals surface area contributed by atoms with Crippen LogP contribution in [0.25, 0.3) is 0 Å². The molecule has 0 unspecified atom stereocenters. The first-order valence-corrected chi connectivity index (χ1v) is 6.97. The molecule has 6 nitrogen and oxygen atoms in total. The molecule has 1 aliphatic rings. The van der Waals surface area contributed by atoms with E-state index in [2.05, 4.69) is 15.6 Å². The van der Waals surface area contributed by atoms with Crippen molar-refractivity contribution in [1.29, 1.82) is 0 Å². The average Bonchev–Trinajstić information content (AvgIpc) is 2.73. The van der Waals surface area contributed by atoms with Crippen molar-refractivity contribution in [2.45, 2.75) is 13.0 Å². The third kappa shape index (κ3) is 3.22. The maximum Gasteiger partial charge on any atom is 0.251 e. The number of aromatic nitrogens is 1. The zero-order valence-corrected chi connectivity index (χ0v) is 11.8. The number of nitrogens with zero attached hydrogens (tertiary/aromatic N) is 1. The molecule has 1 aromatic heterocycles. The van der Waals surface area contributed by atoms with Gasteiger partial charge in [-0.05, 0) is 30.3 Å². The lowest BCUT2D eigenvalue weighted by Crippen LogP contribution is -2.23. The van der Waals surface area contributed by atoms with Crippen LogP contribution in [0.3, 0.4) is 0 Å². The Hall–Kier alpha value is -2.89. The van der Waals surface area contributed by atoms with Gasteiger partial charge in [0, 0.05) is 11.8 Å². The van der Waals surface area contributed by atoms with Gasteiger partial charge in [-0.25, -0.2) is 0 Å². The van der Waals surface area contributed by atoms with E-state index in [4.69, 9.17) is 4.74 Å². The predicted octanol–water partition coefficient (Wildman–Crippen LogP) is 1.73. The molecule has 1 aromatic carbocycles. The molecule has 6 heteroatoms. The molecule has 2 aromatic rings. The summed E-state index contributed by atoms with van der Waals surface area (Å²) in [4.78, 5) is 27.9. The monoisotopic (exact) mass is 297 g/mol. The smallest absolute Gasteiger partial charge is 0.251 e. The first kappa shape index (κ1) is 14.1. The van der Waals surface area contributed by atoms with Gasteiger partial charge in [-0.3, -0.25) is 14.6 Å². The van der Waals surface area contributed by atoms with Crippen molar-refractivity contribution in [1.82, 2.24) is 10.3 Å². The van der Waals surface area contributed by atoms with Crippen LogP contribution < -0.4 is 15.4 Å². The lowest BCUT2D eigenvalue weighted by Gasteiger charge is -2.10. The average molecular weight is 297 g/mol. The van der Waals surface area contributed by atoms with E-state index in [1.807, 2.05) is 18.2 Å². The Labute approximate surface area is 127 Å². The Morgan fingerprint density at radius 3 is 3.05 bits per heavy atom. The van der Waals surface area contributed by atoms with E-state index in [0.717, 1.165) is 5.69 Å². The topological polar surface area (TPSA) is 80.3 Å². The molecule has 0 radical (unpaired) electrons. The highest BCUT2D eigenvalue weighted by molar-refractivity contribution is 5.98. The molecule has 0 saturated carbocycles. The van der Waals surface area contributed by atoms with Crippen molar-refractivity contribution in [2.75, 3.05) is 11.9 Å². The van der Waals surface area contributed by atoms with E-state index in [-0.39, 0.29) is 11.8 Å². The maximum absolute atomic E-state index is 12.2. The van der Waals surface area contributed by atoms with Crippen LogP contribution in [-0.2, 0) is 11.3 Å². The first-order valence-electron chi connectivity index (χ1n) is 6.97. The number of nitrogens with one attached hydrogen (secondary N) is 2. The number of ether oxygens (including phenoxy) is 1. The van der Waals surface area contributed by atoms with Crippen molar-refractivity contribution in [3.8, 4) is 5.75 Å². The highest BCUT2D eigenvalue weighted by Crippen LogP contribution is 2.28. The molecule has 0 atom stereocenters. The molecule has 2 amide bonds. The van der Waals surface area contributed by atoms with Crippen LogP contribution in [0, 0.1) is 0 Å². The molecule has 1 aliphatic heterocycles. The number of pyridine rings is 1. The van der Waals surface area contributed by atoms with E-state index >= 15 is 0 Å². The minimum atomic E-state index is -0.230. The Kier molecular flexibility index (Phi) is 4.00. The van der Waals surface area contributed by atoms with Gasteiger partial charge in [0.2, 0.25) is 5.91 Å². The van der Waals surface area contributed by atoms with E-state index < -0.39 is 0 Å². The largest absolute Gasteiger partial charge is 0.491 e. The molecule has 0 bridgehead atoms. The molecule has 3 rings (SSSR count). The summed E-state index contributed by atoms with van der Waals surface area (Å²) < 4.78 is 5.46. The fourth-order valence-electron chi connectivity index (χ4n) is 2.14. The molecular formula is C16H15N3O3. The number of hydrogen-bond acceptors (Lipinski definition) is 4. The first-order chi connectivity index (χ1) is 10.7. The molecule has 0 fully saturated rings. The summed E-state index contributed by atoms with van der Waals surface area (Å²) in [5.74, 6) is 0.226. The second-order valence-corrected chi connectivity index (χ2v) is 4.86. The normalized spacial score (nSPS) is 13.4. The van der Waals surface area contributed by atoms with E-state index in [1.165, 1.54) is 0 Å². The number of carbonyl (C=O) groups excluding carboxylic acids is 2. The standard InChI is InChI=1S/C16H15N3O3/c20-15-6-8-22-14-5-4-11(9-13(14)19-15)16(21)18-10-12-3-1-2-7-17-12/h1-5,7,9H,6,8,10H2,(H,18,21)(H,19,20). The van der Waals surface area contributed by atoms with E-state index in [0.29, 0.717) is 36.6 Å². The van der Waals surface area contributed by atoms with E-state index in [1.54, 1.807) is 24.4 Å². The molecule has 0 saturated heterocycles. The number of carbonyl (C=O) groups is 2. The second kappa shape index (κ2) is 6.26. The van der Waals surface area contributed by atoms with Crippen LogP contribution >= 0.6 is 0 Å². The van der Waals surface area contributed by atoms with Gasteiger partial charge in [0.25, 0.3) is 5.91 Å². The second-order valence-electron chi connectivity index (χ2n) is 4.86. The van der Waals surface area contributed by atoms with Crippen LogP contribution in [0.1, 0.15) is 22.5 Å². The van der Waals surface area contributed by atoms with Gasteiger partial charge in [-0.1, -0.05) is 6.07 Å². The number of anilines is 1. The van der Waals surface area contributed by atoms with Crippen LogP contribution in [0.2, 0.25) is 0 Å². The predicted molar refractivity (Wildman–Crippen MR) is 80.6 cm³/mol. The summed E-state index contributed by atoms with van der Waals surface area (Å²) in [5.41, 5.74) is 1.76. The lowest BCUT2D eigenvalue weighted by atomic mass is 10.1. The number of rotatable bonds is 3. The fourth-order valence-corrected chi connectivity index (χ4v) is 2.14. The molecule has 2 heterocycles. The van der Waals surface area contributed by atoms with Gasteiger partial charge in [-0.2, -0.15) is 0 Å². The lowest BCUT2D eigenvalue weighted by molar-refractivity contribution is -0.116. The molecule has 0 spiro atoms. The molecule has 112 valence electrons. The van der Waals surface area contributed by atoms with Crippen molar-refractivity contribution >= 4 is 17.5 Å². The summed E-state index contributed by atoms with van der Waals surface area (Å²) in [6.07, 6.45) is 1.98. The van der Waals surface area contributed by atoms with Gasteiger partial charge in [0.1, 0.15) is 5.75 Å². The highest BCUT2D eigenvalue weighted by atomic mass is 16.5. The van der Waals surface area contributed by atoms with Crippen molar-refractivity contribution in [3.05, 3.63) is 53.9 Å². The van der Waals surface area contributed by atoms with Crippen molar-refractivity contribution < 1.29 is 14.3 Å². The third-order valence-electron chi connectivity index (χ3n) is 3.26. The van der Waals surface area contributed by atoms with Crippen LogP contribution in [0.5, 0.6) is 5.75 Å². The van der Waals surface area contributed by atoms with E-state index in [9.17, 15) is 9.59 Å². The quantitative estimate of drug-likeness (QED) is 0.904. The molecule has 0 aliphatic carbocycles. The van der Waals surface area contributed by atoms with Crippen molar-refractivity contribution in [3.63, 3.8) is 0 Å². The number of benzene rings is 1. The number of hydrogen-bond donors (Lipinski definition) is 2. The summed E-state index contributed by atoms with van der Waals surface area (Å²) in [5, 5.41) is 5.53. The van der Waals surface area contributed by atoms with Gasteiger partial charge in [0.15, 0.2) is 0 Å². The summed E-state index contributed by atoms with van der Waals surface area (Å²) in [6, 6.07) is 10.5. The van der Waals surface area contributed by atoms with Gasteiger partial charge < -0.3 is 15.4 Å². The van der Waals surface area contributed by atoms with Crippen LogP contribution in [-0.4, -0.2) is 23.4 Å². The third-order valence-corrected chi connectivity index (χ3v) is 3.26. The number of fused-ring (bicyclic) bond motifs is 1. The summed E-state index contributed by atoms with van der Waals surface area (Å²) in [6.45, 7) is 0.684. The summed E-state index contributed by atoms with van der Waals surface area (Å²) in [7, 11) is 0. The Bertz CT molecular complexity index is 701. The van der Waals surface area contributed by atoms with Crippen LogP contribution in [0.4, 0.5) is 5.69 Å². The molecule has 22 heavy (non-hydrogen) atoms. The fraction of sp³-hybridized carbons (Fsp3) is 0.188. The minimum absolute atomic E-state index is 0.121. The molecule has 2 N–H and O–H groups in total. The Balaban J connectivity index is 1.72. The van der Waals surface area contributed by atoms with Gasteiger partial charge in [0.05, 0.1) is 31.0 Å². The Morgan fingerprint density at radius 1 is 1.32 bits per heavy atom. The maximum atomic E-state index is 12.2. The van der Waals surface area contributed by atoms with Gasteiger partial charge in [-0.15, -0.1) is 0 Å². The zero-order valence-electron chi connectivity index (χ0n) is 11.8.